The van der Waals surface area contributed by atoms with Gasteiger partial charge in [0.15, 0.2) is 0 Å². The molecule has 0 fully saturated rings. The Hall–Kier alpha value is -0.600. The molecule has 0 bridgehead atoms. The summed E-state index contributed by atoms with van der Waals surface area (Å²) in [7, 11) is 0.680. The van der Waals surface area contributed by atoms with Gasteiger partial charge in [0.2, 0.25) is 9.79 Å². The molecule has 0 amide bonds. The van der Waals surface area contributed by atoms with E-state index in [1.54, 1.807) is 0 Å². The fourth-order valence-corrected chi connectivity index (χ4v) is 4.48. The van der Waals surface area contributed by atoms with Gasteiger partial charge in [-0.15, -0.1) is 0 Å². The largest absolute Gasteiger partial charge is 0.209 e. The normalized spacial score (nSPS) is 11.6. The molecule has 0 aromatic heterocycles. The molecule has 0 spiro atoms. The highest BCUT2D eigenvalue weighted by Gasteiger charge is 2.24. The molecule has 2 aromatic rings. The summed E-state index contributed by atoms with van der Waals surface area (Å²) in [5.74, 6) is 0. The summed E-state index contributed by atoms with van der Waals surface area (Å²) in [4.78, 5) is 3.07. The van der Waals surface area contributed by atoms with E-state index >= 15 is 0 Å². The number of benzene rings is 2. The standard InChI is InChI=1S/C14H18S2/c1-15(2)13-9-11-7-5-6-8-12(11)10-14(13)16(3)4/h5-10H,1-4H3/q+2. The van der Waals surface area contributed by atoms with Crippen LogP contribution in [-0.2, 0) is 21.8 Å². The molecule has 84 valence electrons. The van der Waals surface area contributed by atoms with Gasteiger partial charge in [-0.25, -0.2) is 0 Å². The van der Waals surface area contributed by atoms with Crippen LogP contribution in [0, 0.1) is 0 Å². The Bertz CT molecular complexity index is 455. The molecule has 0 aliphatic carbocycles. The molecule has 0 saturated heterocycles. The molecule has 16 heavy (non-hydrogen) atoms. The maximum atomic E-state index is 2.38. The maximum Gasteiger partial charge on any atom is 0.209 e. The monoisotopic (exact) mass is 250 g/mol. The summed E-state index contributed by atoms with van der Waals surface area (Å²) in [5, 5.41) is 2.74. The molecule has 0 heterocycles. The molecular formula is C14H18S2+2. The molecule has 0 saturated carbocycles. The third kappa shape index (κ3) is 2.23. The first-order valence-electron chi connectivity index (χ1n) is 5.27. The number of rotatable bonds is 2. The third-order valence-corrected chi connectivity index (χ3v) is 5.26. The fraction of sp³-hybridized carbons (Fsp3) is 0.286. The lowest BCUT2D eigenvalue weighted by Crippen LogP contribution is -2.06. The average molecular weight is 250 g/mol. The Morgan fingerprint density at radius 3 is 1.38 bits per heavy atom. The first kappa shape index (κ1) is 11.9. The Morgan fingerprint density at radius 1 is 0.688 bits per heavy atom. The lowest BCUT2D eigenvalue weighted by atomic mass is 10.1. The second kappa shape index (κ2) is 4.72. The van der Waals surface area contributed by atoms with Gasteiger partial charge in [-0.2, -0.15) is 0 Å². The van der Waals surface area contributed by atoms with Crippen LogP contribution in [0.25, 0.3) is 10.8 Å². The fourth-order valence-electron chi connectivity index (χ4n) is 1.84. The van der Waals surface area contributed by atoms with Crippen molar-refractivity contribution in [1.82, 2.24) is 0 Å². The lowest BCUT2D eigenvalue weighted by molar-refractivity contribution is 1.26. The van der Waals surface area contributed by atoms with Crippen LogP contribution in [-0.4, -0.2) is 25.0 Å². The zero-order valence-corrected chi connectivity index (χ0v) is 11.9. The van der Waals surface area contributed by atoms with E-state index in [0.717, 1.165) is 0 Å². The van der Waals surface area contributed by atoms with Crippen molar-refractivity contribution in [3.8, 4) is 0 Å². The predicted molar refractivity (Wildman–Crippen MR) is 78.9 cm³/mol. The van der Waals surface area contributed by atoms with Crippen molar-refractivity contribution in [3.63, 3.8) is 0 Å². The van der Waals surface area contributed by atoms with Gasteiger partial charge in [-0.1, -0.05) is 24.3 Å². The first-order valence-corrected chi connectivity index (χ1v) is 9.36. The predicted octanol–water partition coefficient (Wildman–Crippen LogP) is 3.31. The smallest absolute Gasteiger partial charge is 0.0616 e. The van der Waals surface area contributed by atoms with Crippen molar-refractivity contribution in [2.45, 2.75) is 9.79 Å². The van der Waals surface area contributed by atoms with Crippen molar-refractivity contribution >= 4 is 32.6 Å². The van der Waals surface area contributed by atoms with Crippen molar-refractivity contribution in [2.75, 3.05) is 25.0 Å². The van der Waals surface area contributed by atoms with E-state index in [0.29, 0.717) is 21.8 Å². The SMILES string of the molecule is C[S+](C)c1cc2ccccc2cc1[S+](C)C. The zero-order valence-electron chi connectivity index (χ0n) is 10.3. The van der Waals surface area contributed by atoms with Gasteiger partial charge < -0.3 is 0 Å². The lowest BCUT2D eigenvalue weighted by Gasteiger charge is -2.05. The molecule has 2 rings (SSSR count). The van der Waals surface area contributed by atoms with Crippen LogP contribution in [0.4, 0.5) is 0 Å². The zero-order chi connectivity index (χ0) is 11.7. The molecule has 0 N–H and O–H groups in total. The highest BCUT2D eigenvalue weighted by molar-refractivity contribution is 7.98. The van der Waals surface area contributed by atoms with Crippen LogP contribution in [0.5, 0.6) is 0 Å². The Morgan fingerprint density at radius 2 is 1.06 bits per heavy atom. The summed E-state index contributed by atoms with van der Waals surface area (Å²) in [6.45, 7) is 0. The number of fused-ring (bicyclic) bond motifs is 1. The minimum absolute atomic E-state index is 0.340. The quantitative estimate of drug-likeness (QED) is 0.717. The summed E-state index contributed by atoms with van der Waals surface area (Å²) >= 11 is 0. The highest BCUT2D eigenvalue weighted by Crippen LogP contribution is 2.27. The van der Waals surface area contributed by atoms with Crippen LogP contribution in [0.1, 0.15) is 0 Å². The first-order chi connectivity index (χ1) is 7.59. The van der Waals surface area contributed by atoms with Crippen molar-refractivity contribution in [3.05, 3.63) is 36.4 Å². The van der Waals surface area contributed by atoms with Gasteiger partial charge in [0.25, 0.3) is 0 Å². The second-order valence-electron chi connectivity index (χ2n) is 4.28. The third-order valence-electron chi connectivity index (χ3n) is 2.69. The molecule has 2 aromatic carbocycles. The van der Waals surface area contributed by atoms with Gasteiger partial charge in [0, 0.05) is 33.9 Å². The Labute approximate surface area is 104 Å². The molecule has 2 heteroatoms. The second-order valence-corrected chi connectivity index (χ2v) is 8.42. The topological polar surface area (TPSA) is 0 Å². The van der Waals surface area contributed by atoms with E-state index in [4.69, 9.17) is 0 Å². The van der Waals surface area contributed by atoms with E-state index in [1.165, 1.54) is 20.6 Å². The van der Waals surface area contributed by atoms with E-state index in [1.807, 2.05) is 0 Å². The van der Waals surface area contributed by atoms with Crippen molar-refractivity contribution < 1.29 is 0 Å². The summed E-state index contributed by atoms with van der Waals surface area (Å²) < 4.78 is 0. The van der Waals surface area contributed by atoms with Crippen molar-refractivity contribution in [1.29, 1.82) is 0 Å². The molecule has 0 aliphatic heterocycles. The van der Waals surface area contributed by atoms with Gasteiger partial charge in [-0.3, -0.25) is 0 Å². The van der Waals surface area contributed by atoms with Crippen LogP contribution < -0.4 is 0 Å². The summed E-state index contributed by atoms with van der Waals surface area (Å²) in [5.41, 5.74) is 0. The Balaban J connectivity index is 2.71. The van der Waals surface area contributed by atoms with E-state index in [2.05, 4.69) is 61.4 Å². The highest BCUT2D eigenvalue weighted by atomic mass is 32.2. The van der Waals surface area contributed by atoms with Gasteiger partial charge >= 0.3 is 0 Å². The van der Waals surface area contributed by atoms with Gasteiger partial charge in [0.05, 0.1) is 0 Å². The van der Waals surface area contributed by atoms with Crippen LogP contribution >= 0.6 is 0 Å². The van der Waals surface area contributed by atoms with E-state index in [-0.39, 0.29) is 0 Å². The molecule has 0 aliphatic rings. The van der Waals surface area contributed by atoms with Crippen molar-refractivity contribution in [2.24, 2.45) is 0 Å². The van der Waals surface area contributed by atoms with Crippen LogP contribution in [0.15, 0.2) is 46.2 Å². The summed E-state index contributed by atoms with van der Waals surface area (Å²) in [6, 6.07) is 13.4. The molecule has 0 radical (unpaired) electrons. The van der Waals surface area contributed by atoms with E-state index < -0.39 is 0 Å². The number of hydrogen-bond acceptors (Lipinski definition) is 0. The number of hydrogen-bond donors (Lipinski definition) is 0. The van der Waals surface area contributed by atoms with E-state index in [9.17, 15) is 0 Å². The van der Waals surface area contributed by atoms with Crippen LogP contribution in [0.3, 0.4) is 0 Å². The summed E-state index contributed by atoms with van der Waals surface area (Å²) in [6.07, 6.45) is 9.22. The molecule has 0 atom stereocenters. The average Bonchev–Trinajstić information content (AvgIpc) is 2.27. The van der Waals surface area contributed by atoms with Gasteiger partial charge in [-0.05, 0) is 10.8 Å². The van der Waals surface area contributed by atoms with Gasteiger partial charge in [0.1, 0.15) is 25.0 Å². The minimum Gasteiger partial charge on any atom is -0.0616 e. The molecule has 0 unspecified atom stereocenters. The Kier molecular flexibility index (Phi) is 3.50. The molecule has 0 nitrogen and oxygen atoms in total. The minimum atomic E-state index is 0.340. The molecular weight excluding hydrogens is 232 g/mol. The van der Waals surface area contributed by atoms with Crippen LogP contribution in [0.2, 0.25) is 0 Å². The maximum absolute atomic E-state index is 2.38.